The van der Waals surface area contributed by atoms with Gasteiger partial charge in [-0.25, -0.2) is 4.79 Å². The van der Waals surface area contributed by atoms with Crippen LogP contribution in [0.4, 0.5) is 4.79 Å². The van der Waals surface area contributed by atoms with Crippen LogP contribution in [-0.4, -0.2) is 91.3 Å². The number of amides is 2. The molecule has 0 aromatic rings. The molecule has 2 fully saturated rings. The lowest BCUT2D eigenvalue weighted by Gasteiger charge is -2.31. The molecule has 2 unspecified atom stereocenters. The van der Waals surface area contributed by atoms with Crippen LogP contribution < -0.4 is 0 Å². The number of nitrogens with zero attached hydrogens (tertiary/aromatic N) is 3. The number of hydrogen-bond donors (Lipinski definition) is 1. The number of urea groups is 1. The molecular formula is C14H25N3O4. The van der Waals surface area contributed by atoms with E-state index in [1.165, 1.54) is 17.7 Å². The van der Waals surface area contributed by atoms with Gasteiger partial charge in [-0.15, -0.1) is 0 Å². The summed E-state index contributed by atoms with van der Waals surface area (Å²) in [5.41, 5.74) is 0. The first kappa shape index (κ1) is 16.0. The molecule has 2 rings (SSSR count). The largest absolute Gasteiger partial charge is 0.481 e. The van der Waals surface area contributed by atoms with E-state index in [-0.39, 0.29) is 18.7 Å². The number of likely N-dealkylation sites (N-methyl/N-ethyl adjacent to an activating group) is 2. The molecule has 0 aliphatic carbocycles. The first-order valence-corrected chi connectivity index (χ1v) is 7.51. The summed E-state index contributed by atoms with van der Waals surface area (Å²) < 4.78 is 5.22. The lowest BCUT2D eigenvalue weighted by Crippen LogP contribution is -2.50. The Hall–Kier alpha value is -1.34. The number of carbonyl (C=O) groups is 2. The van der Waals surface area contributed by atoms with Gasteiger partial charge < -0.3 is 24.5 Å². The van der Waals surface area contributed by atoms with Gasteiger partial charge >= 0.3 is 12.0 Å². The Labute approximate surface area is 125 Å². The Morgan fingerprint density at radius 3 is 2.52 bits per heavy atom. The minimum atomic E-state index is -0.906. The van der Waals surface area contributed by atoms with Crippen LogP contribution in [0.25, 0.3) is 0 Å². The van der Waals surface area contributed by atoms with Gasteiger partial charge in [-0.1, -0.05) is 0 Å². The van der Waals surface area contributed by atoms with E-state index in [2.05, 4.69) is 4.90 Å². The Morgan fingerprint density at radius 2 is 1.90 bits per heavy atom. The maximum atomic E-state index is 12.4. The zero-order valence-electron chi connectivity index (χ0n) is 12.8. The maximum Gasteiger partial charge on any atom is 0.319 e. The van der Waals surface area contributed by atoms with Crippen LogP contribution in [0.1, 0.15) is 12.8 Å². The Kier molecular flexibility index (Phi) is 5.41. The third kappa shape index (κ3) is 3.85. The van der Waals surface area contributed by atoms with E-state index in [0.717, 1.165) is 19.6 Å². The molecule has 2 heterocycles. The summed E-state index contributed by atoms with van der Waals surface area (Å²) in [4.78, 5) is 29.1. The summed E-state index contributed by atoms with van der Waals surface area (Å²) in [6.45, 7) is 4.22. The van der Waals surface area contributed by atoms with Crippen LogP contribution in [0, 0.1) is 5.92 Å². The molecule has 2 amide bonds. The second kappa shape index (κ2) is 7.09. The Bertz CT molecular complexity index is 384. The standard InChI is InChI=1S/C14H25N3O4/c1-15(7-8-17-5-3-4-6-17)14(20)16(2)12-10-21-9-11(12)13(18)19/h11-12H,3-10H2,1-2H3,(H,18,19). The average Bonchev–Trinajstić information content (AvgIpc) is 3.13. The molecule has 0 radical (unpaired) electrons. The van der Waals surface area contributed by atoms with Crippen molar-refractivity contribution in [3.8, 4) is 0 Å². The van der Waals surface area contributed by atoms with E-state index >= 15 is 0 Å². The second-order valence-electron chi connectivity index (χ2n) is 5.91. The van der Waals surface area contributed by atoms with Crippen molar-refractivity contribution in [3.63, 3.8) is 0 Å². The number of carboxylic acids is 1. The second-order valence-corrected chi connectivity index (χ2v) is 5.91. The minimum absolute atomic E-state index is 0.143. The third-order valence-corrected chi connectivity index (χ3v) is 4.44. The van der Waals surface area contributed by atoms with Crippen molar-refractivity contribution < 1.29 is 19.4 Å². The fourth-order valence-corrected chi connectivity index (χ4v) is 2.96. The van der Waals surface area contributed by atoms with Crippen molar-refractivity contribution >= 4 is 12.0 Å². The van der Waals surface area contributed by atoms with Gasteiger partial charge in [-0.3, -0.25) is 4.79 Å². The molecule has 2 aliphatic rings. The highest BCUT2D eigenvalue weighted by Gasteiger charge is 2.39. The molecule has 7 heteroatoms. The predicted molar refractivity (Wildman–Crippen MR) is 77.2 cm³/mol. The number of ether oxygens (including phenoxy) is 1. The van der Waals surface area contributed by atoms with Gasteiger partial charge in [0.1, 0.15) is 5.92 Å². The van der Waals surface area contributed by atoms with E-state index in [0.29, 0.717) is 13.2 Å². The first-order valence-electron chi connectivity index (χ1n) is 7.51. The number of carboxylic acid groups (broad SMARTS) is 1. The summed E-state index contributed by atoms with van der Waals surface area (Å²) >= 11 is 0. The number of hydrogen-bond acceptors (Lipinski definition) is 4. The topological polar surface area (TPSA) is 73.3 Å². The van der Waals surface area contributed by atoms with Crippen molar-refractivity contribution in [2.75, 3.05) is 53.5 Å². The van der Waals surface area contributed by atoms with Crippen molar-refractivity contribution in [2.24, 2.45) is 5.92 Å². The minimum Gasteiger partial charge on any atom is -0.481 e. The fourth-order valence-electron chi connectivity index (χ4n) is 2.96. The van der Waals surface area contributed by atoms with Crippen LogP contribution in [0.2, 0.25) is 0 Å². The third-order valence-electron chi connectivity index (χ3n) is 4.44. The SMILES string of the molecule is CN(CCN1CCCC1)C(=O)N(C)C1COCC1C(=O)O. The van der Waals surface area contributed by atoms with E-state index < -0.39 is 11.9 Å². The van der Waals surface area contributed by atoms with Gasteiger partial charge in [-0.05, 0) is 25.9 Å². The molecule has 2 saturated heterocycles. The monoisotopic (exact) mass is 299 g/mol. The maximum absolute atomic E-state index is 12.4. The van der Waals surface area contributed by atoms with Gasteiger partial charge in [0.25, 0.3) is 0 Å². The molecule has 7 nitrogen and oxygen atoms in total. The lowest BCUT2D eigenvalue weighted by atomic mass is 10.0. The van der Waals surface area contributed by atoms with Gasteiger partial charge in [0.05, 0.1) is 19.3 Å². The number of aliphatic carboxylic acids is 1. The van der Waals surface area contributed by atoms with Crippen LogP contribution in [0.3, 0.4) is 0 Å². The van der Waals surface area contributed by atoms with Crippen LogP contribution >= 0.6 is 0 Å². The molecule has 21 heavy (non-hydrogen) atoms. The summed E-state index contributed by atoms with van der Waals surface area (Å²) in [6, 6.07) is -0.528. The highest BCUT2D eigenvalue weighted by atomic mass is 16.5. The number of carbonyl (C=O) groups excluding carboxylic acids is 1. The first-order chi connectivity index (χ1) is 10.0. The predicted octanol–water partition coefficient (Wildman–Crippen LogP) is 0.165. The molecule has 0 aromatic carbocycles. The molecule has 2 atom stereocenters. The van der Waals surface area contributed by atoms with Crippen molar-refractivity contribution in [3.05, 3.63) is 0 Å². The molecule has 120 valence electrons. The summed E-state index contributed by atoms with van der Waals surface area (Å²) in [5.74, 6) is -1.54. The molecule has 0 bridgehead atoms. The summed E-state index contributed by atoms with van der Waals surface area (Å²) in [5, 5.41) is 9.16. The summed E-state index contributed by atoms with van der Waals surface area (Å²) in [7, 11) is 3.42. The Balaban J connectivity index is 1.84. The lowest BCUT2D eigenvalue weighted by molar-refractivity contribution is -0.142. The van der Waals surface area contributed by atoms with E-state index in [1.54, 1.807) is 19.0 Å². The number of rotatable bonds is 5. The Morgan fingerprint density at radius 1 is 1.24 bits per heavy atom. The quantitative estimate of drug-likeness (QED) is 0.783. The molecule has 2 aliphatic heterocycles. The molecule has 0 spiro atoms. The van der Waals surface area contributed by atoms with Gasteiger partial charge in [0.2, 0.25) is 0 Å². The van der Waals surface area contributed by atoms with Crippen molar-refractivity contribution in [1.29, 1.82) is 0 Å². The van der Waals surface area contributed by atoms with Gasteiger partial charge in [-0.2, -0.15) is 0 Å². The zero-order chi connectivity index (χ0) is 15.4. The molecule has 1 N–H and O–H groups in total. The van der Waals surface area contributed by atoms with E-state index in [1.807, 2.05) is 0 Å². The molecule has 0 saturated carbocycles. The molecule has 0 aromatic heterocycles. The van der Waals surface area contributed by atoms with E-state index in [9.17, 15) is 9.59 Å². The van der Waals surface area contributed by atoms with Crippen LogP contribution in [0.15, 0.2) is 0 Å². The highest BCUT2D eigenvalue weighted by Crippen LogP contribution is 2.20. The van der Waals surface area contributed by atoms with Crippen molar-refractivity contribution in [2.45, 2.75) is 18.9 Å². The van der Waals surface area contributed by atoms with Gasteiger partial charge in [0.15, 0.2) is 0 Å². The normalized spacial score (nSPS) is 26.0. The molecular weight excluding hydrogens is 274 g/mol. The average molecular weight is 299 g/mol. The van der Waals surface area contributed by atoms with Crippen molar-refractivity contribution in [1.82, 2.24) is 14.7 Å². The summed E-state index contributed by atoms with van der Waals surface area (Å²) in [6.07, 6.45) is 2.47. The smallest absolute Gasteiger partial charge is 0.319 e. The zero-order valence-corrected chi connectivity index (χ0v) is 12.8. The fraction of sp³-hybridized carbons (Fsp3) is 0.857. The van der Waals surface area contributed by atoms with Crippen LogP contribution in [-0.2, 0) is 9.53 Å². The van der Waals surface area contributed by atoms with Crippen LogP contribution in [0.5, 0.6) is 0 Å². The number of likely N-dealkylation sites (tertiary alicyclic amines) is 1. The highest BCUT2D eigenvalue weighted by molar-refractivity contribution is 5.77. The van der Waals surface area contributed by atoms with Gasteiger partial charge in [0, 0.05) is 27.2 Å². The van der Waals surface area contributed by atoms with E-state index in [4.69, 9.17) is 9.84 Å².